The molecule has 1 N–H and O–H groups in total. The molecular formula is C12H13ClF3NO3. The number of hydrogen-bond acceptors (Lipinski definition) is 3. The molecule has 0 radical (unpaired) electrons. The summed E-state index contributed by atoms with van der Waals surface area (Å²) >= 11 is 5.78. The molecule has 0 aliphatic rings. The summed E-state index contributed by atoms with van der Waals surface area (Å²) in [4.78, 5) is 11.5. The van der Waals surface area contributed by atoms with E-state index in [-0.39, 0.29) is 13.0 Å². The topological polar surface area (TPSA) is 47.6 Å². The zero-order valence-electron chi connectivity index (χ0n) is 10.6. The summed E-state index contributed by atoms with van der Waals surface area (Å²) in [5, 5.41) is 2.89. The van der Waals surface area contributed by atoms with Gasteiger partial charge in [-0.15, -0.1) is 0 Å². The summed E-state index contributed by atoms with van der Waals surface area (Å²) in [6, 6.07) is 4.63. The van der Waals surface area contributed by atoms with E-state index in [1.54, 1.807) is 12.1 Å². The lowest BCUT2D eigenvalue weighted by Crippen LogP contribution is -2.20. The van der Waals surface area contributed by atoms with E-state index in [0.717, 1.165) is 0 Å². The zero-order valence-corrected chi connectivity index (χ0v) is 11.3. The Morgan fingerprint density at radius 2 is 2.10 bits per heavy atom. The summed E-state index contributed by atoms with van der Waals surface area (Å²) in [5.74, 6) is -0.0910. The number of ether oxygens (including phenoxy) is 2. The van der Waals surface area contributed by atoms with Gasteiger partial charge in [0.25, 0.3) is 0 Å². The van der Waals surface area contributed by atoms with Crippen molar-refractivity contribution in [2.45, 2.75) is 12.6 Å². The maximum Gasteiger partial charge on any atom is 0.411 e. The monoisotopic (exact) mass is 311 g/mol. The van der Waals surface area contributed by atoms with Gasteiger partial charge < -0.3 is 14.8 Å². The molecule has 0 aliphatic heterocycles. The molecule has 0 fully saturated rings. The lowest BCUT2D eigenvalue weighted by atomic mass is 10.3. The van der Waals surface area contributed by atoms with Crippen LogP contribution in [0.3, 0.4) is 0 Å². The first-order valence-electron chi connectivity index (χ1n) is 5.59. The SMILES string of the molecule is COc1ccc(Cl)cc1NC(=O)CCOCC(F)(F)F. The molecule has 0 heterocycles. The number of benzene rings is 1. The molecule has 0 spiro atoms. The molecule has 1 aromatic carbocycles. The van der Waals surface area contributed by atoms with E-state index in [0.29, 0.717) is 16.5 Å². The van der Waals surface area contributed by atoms with Crippen molar-refractivity contribution < 1.29 is 27.4 Å². The van der Waals surface area contributed by atoms with Crippen LogP contribution in [-0.4, -0.2) is 32.4 Å². The summed E-state index contributed by atoms with van der Waals surface area (Å²) in [6.07, 6.45) is -4.60. The van der Waals surface area contributed by atoms with Gasteiger partial charge in [0.15, 0.2) is 0 Å². The van der Waals surface area contributed by atoms with E-state index in [4.69, 9.17) is 16.3 Å². The quantitative estimate of drug-likeness (QED) is 0.820. The molecule has 0 aliphatic carbocycles. The Bertz CT molecular complexity index is 466. The van der Waals surface area contributed by atoms with E-state index in [1.165, 1.54) is 13.2 Å². The van der Waals surface area contributed by atoms with Gasteiger partial charge in [-0.05, 0) is 18.2 Å². The molecular weight excluding hydrogens is 299 g/mol. The van der Waals surface area contributed by atoms with Crippen molar-refractivity contribution in [2.75, 3.05) is 25.6 Å². The van der Waals surface area contributed by atoms with Crippen LogP contribution < -0.4 is 10.1 Å². The second-order valence-electron chi connectivity index (χ2n) is 3.81. The summed E-state index contributed by atoms with van der Waals surface area (Å²) < 4.78 is 44.8. The van der Waals surface area contributed by atoms with Crippen LogP contribution in [0.4, 0.5) is 18.9 Å². The minimum Gasteiger partial charge on any atom is -0.495 e. The van der Waals surface area contributed by atoms with Crippen LogP contribution in [0, 0.1) is 0 Å². The molecule has 0 saturated carbocycles. The third-order valence-corrected chi connectivity index (χ3v) is 2.41. The van der Waals surface area contributed by atoms with Crippen molar-refractivity contribution in [1.29, 1.82) is 0 Å². The van der Waals surface area contributed by atoms with Crippen LogP contribution >= 0.6 is 11.6 Å². The highest BCUT2D eigenvalue weighted by Gasteiger charge is 2.27. The normalized spacial score (nSPS) is 11.2. The van der Waals surface area contributed by atoms with Crippen LogP contribution in [-0.2, 0) is 9.53 Å². The number of carbonyl (C=O) groups is 1. The van der Waals surface area contributed by atoms with Gasteiger partial charge in [0.05, 0.1) is 25.8 Å². The smallest absolute Gasteiger partial charge is 0.411 e. The fourth-order valence-corrected chi connectivity index (χ4v) is 1.52. The highest BCUT2D eigenvalue weighted by Crippen LogP contribution is 2.27. The van der Waals surface area contributed by atoms with E-state index < -0.39 is 18.7 Å². The number of anilines is 1. The Balaban J connectivity index is 2.44. The minimum atomic E-state index is -4.40. The Morgan fingerprint density at radius 1 is 1.40 bits per heavy atom. The number of alkyl halides is 3. The van der Waals surface area contributed by atoms with Crippen LogP contribution in [0.2, 0.25) is 5.02 Å². The first-order chi connectivity index (χ1) is 9.31. The average molecular weight is 312 g/mol. The molecule has 4 nitrogen and oxygen atoms in total. The first-order valence-corrected chi connectivity index (χ1v) is 5.97. The second-order valence-corrected chi connectivity index (χ2v) is 4.25. The van der Waals surface area contributed by atoms with Crippen LogP contribution in [0.15, 0.2) is 18.2 Å². The number of halogens is 4. The molecule has 20 heavy (non-hydrogen) atoms. The summed E-state index contributed by atoms with van der Waals surface area (Å²) in [6.45, 7) is -1.70. The number of carbonyl (C=O) groups excluding carboxylic acids is 1. The largest absolute Gasteiger partial charge is 0.495 e. The molecule has 0 aromatic heterocycles. The molecule has 112 valence electrons. The molecule has 0 bridgehead atoms. The van der Waals surface area contributed by atoms with Gasteiger partial charge in [-0.3, -0.25) is 4.79 Å². The van der Waals surface area contributed by atoms with Crippen LogP contribution in [0.25, 0.3) is 0 Å². The van der Waals surface area contributed by atoms with Gasteiger partial charge in [0, 0.05) is 5.02 Å². The van der Waals surface area contributed by atoms with Crippen molar-refractivity contribution in [3.05, 3.63) is 23.2 Å². The lowest BCUT2D eigenvalue weighted by Gasteiger charge is -2.11. The summed E-state index contributed by atoms with van der Waals surface area (Å²) in [5.41, 5.74) is 0.348. The zero-order chi connectivity index (χ0) is 15.2. The Labute approximate surface area is 118 Å². The standard InChI is InChI=1S/C12H13ClF3NO3/c1-19-10-3-2-8(13)6-9(10)17-11(18)4-5-20-7-12(14,15)16/h2-3,6H,4-5,7H2,1H3,(H,17,18). The first kappa shape index (κ1) is 16.6. The average Bonchev–Trinajstić information content (AvgIpc) is 2.34. The van der Waals surface area contributed by atoms with Gasteiger partial charge in [-0.1, -0.05) is 11.6 Å². The van der Waals surface area contributed by atoms with Gasteiger partial charge in [-0.2, -0.15) is 13.2 Å². The molecule has 1 amide bonds. The van der Waals surface area contributed by atoms with Gasteiger partial charge in [0.1, 0.15) is 12.4 Å². The highest BCUT2D eigenvalue weighted by atomic mass is 35.5. The van der Waals surface area contributed by atoms with Crippen molar-refractivity contribution in [1.82, 2.24) is 0 Å². The molecule has 0 saturated heterocycles. The van der Waals surface area contributed by atoms with E-state index in [2.05, 4.69) is 10.1 Å². The predicted octanol–water partition coefficient (Wildman–Crippen LogP) is 3.26. The number of hydrogen-bond donors (Lipinski definition) is 1. The maximum absolute atomic E-state index is 11.8. The van der Waals surface area contributed by atoms with Crippen LogP contribution in [0.5, 0.6) is 5.75 Å². The van der Waals surface area contributed by atoms with Crippen molar-refractivity contribution in [3.8, 4) is 5.75 Å². The summed E-state index contributed by atoms with van der Waals surface area (Å²) in [7, 11) is 1.42. The van der Waals surface area contributed by atoms with Gasteiger partial charge in [0.2, 0.25) is 5.91 Å². The van der Waals surface area contributed by atoms with Gasteiger partial charge >= 0.3 is 6.18 Å². The van der Waals surface area contributed by atoms with Crippen molar-refractivity contribution in [2.24, 2.45) is 0 Å². The van der Waals surface area contributed by atoms with Crippen LogP contribution in [0.1, 0.15) is 6.42 Å². The molecule has 8 heteroatoms. The Hall–Kier alpha value is -1.47. The lowest BCUT2D eigenvalue weighted by molar-refractivity contribution is -0.174. The number of rotatable bonds is 6. The predicted molar refractivity (Wildman–Crippen MR) is 68.1 cm³/mol. The fourth-order valence-electron chi connectivity index (χ4n) is 1.34. The minimum absolute atomic E-state index is 0.203. The Morgan fingerprint density at radius 3 is 2.70 bits per heavy atom. The second kappa shape index (κ2) is 7.35. The third-order valence-electron chi connectivity index (χ3n) is 2.17. The maximum atomic E-state index is 11.8. The highest BCUT2D eigenvalue weighted by molar-refractivity contribution is 6.31. The Kier molecular flexibility index (Phi) is 6.09. The molecule has 1 aromatic rings. The van der Waals surface area contributed by atoms with E-state index in [9.17, 15) is 18.0 Å². The van der Waals surface area contributed by atoms with Gasteiger partial charge in [-0.25, -0.2) is 0 Å². The van der Waals surface area contributed by atoms with Crippen molar-refractivity contribution in [3.63, 3.8) is 0 Å². The third kappa shape index (κ3) is 6.12. The number of methoxy groups -OCH3 is 1. The molecule has 1 rings (SSSR count). The fraction of sp³-hybridized carbons (Fsp3) is 0.417. The van der Waals surface area contributed by atoms with E-state index in [1.807, 2.05) is 0 Å². The molecule has 0 atom stereocenters. The number of amides is 1. The number of nitrogens with one attached hydrogen (secondary N) is 1. The van der Waals surface area contributed by atoms with E-state index >= 15 is 0 Å². The molecule has 0 unspecified atom stereocenters. The van der Waals surface area contributed by atoms with Crippen molar-refractivity contribution >= 4 is 23.2 Å².